The fourth-order valence-electron chi connectivity index (χ4n) is 1.36. The fourth-order valence-corrected chi connectivity index (χ4v) is 1.36. The molecule has 0 fully saturated rings. The lowest BCUT2D eigenvalue weighted by atomic mass is 10.0. The lowest BCUT2D eigenvalue weighted by Crippen LogP contribution is -2.08. The number of benzene rings is 1. The molecular formula is C11H14N2O3. The number of nitrogens with one attached hydrogen (secondary N) is 1. The molecule has 0 aliphatic carbocycles. The summed E-state index contributed by atoms with van der Waals surface area (Å²) in [5, 5.41) is 13.2. The van der Waals surface area contributed by atoms with Gasteiger partial charge in [0.25, 0.3) is 5.69 Å². The summed E-state index contributed by atoms with van der Waals surface area (Å²) >= 11 is 0. The maximum Gasteiger partial charge on any atom is 0.292 e. The van der Waals surface area contributed by atoms with Gasteiger partial charge < -0.3 is 5.32 Å². The number of rotatable bonds is 3. The van der Waals surface area contributed by atoms with Gasteiger partial charge in [-0.2, -0.15) is 0 Å². The van der Waals surface area contributed by atoms with Crippen LogP contribution in [0, 0.1) is 10.1 Å². The van der Waals surface area contributed by atoms with Crippen LogP contribution >= 0.6 is 0 Å². The number of nitrogens with zero attached hydrogens (tertiary/aromatic N) is 1. The first-order valence-corrected chi connectivity index (χ1v) is 4.97. The molecule has 5 heteroatoms. The van der Waals surface area contributed by atoms with E-state index >= 15 is 0 Å². The Morgan fingerprint density at radius 2 is 2.06 bits per heavy atom. The normalized spacial score (nSPS) is 10.2. The Labute approximate surface area is 93.6 Å². The van der Waals surface area contributed by atoms with Crippen molar-refractivity contribution in [1.29, 1.82) is 0 Å². The van der Waals surface area contributed by atoms with Crippen LogP contribution in [0.1, 0.15) is 32.3 Å². The summed E-state index contributed by atoms with van der Waals surface area (Å²) in [6.45, 7) is 5.29. The van der Waals surface area contributed by atoms with Crippen molar-refractivity contribution in [3.8, 4) is 0 Å². The summed E-state index contributed by atoms with van der Waals surface area (Å²) in [5.74, 6) is -0.0580. The van der Waals surface area contributed by atoms with Crippen molar-refractivity contribution in [1.82, 2.24) is 0 Å². The van der Waals surface area contributed by atoms with E-state index in [2.05, 4.69) is 5.32 Å². The lowest BCUT2D eigenvalue weighted by molar-refractivity contribution is -0.383. The molecule has 0 saturated heterocycles. The van der Waals surface area contributed by atoms with Gasteiger partial charge in [-0.15, -0.1) is 0 Å². The average molecular weight is 222 g/mol. The minimum atomic E-state index is -0.505. The Bertz CT molecular complexity index is 427. The van der Waals surface area contributed by atoms with Crippen molar-refractivity contribution >= 4 is 17.3 Å². The zero-order chi connectivity index (χ0) is 12.3. The Hall–Kier alpha value is -1.91. The van der Waals surface area contributed by atoms with Crippen LogP contribution in [0.25, 0.3) is 0 Å². The largest absolute Gasteiger partial charge is 0.321 e. The number of carbonyl (C=O) groups excluding carboxylic acids is 1. The molecule has 1 amide bonds. The second-order valence-corrected chi connectivity index (χ2v) is 3.87. The molecule has 1 aromatic carbocycles. The molecule has 0 unspecified atom stereocenters. The molecule has 1 N–H and O–H groups in total. The Morgan fingerprint density at radius 3 is 2.50 bits per heavy atom. The average Bonchev–Trinajstić information content (AvgIpc) is 2.15. The molecule has 1 aromatic rings. The summed E-state index contributed by atoms with van der Waals surface area (Å²) in [6.07, 6.45) is 0. The van der Waals surface area contributed by atoms with Gasteiger partial charge in [0.15, 0.2) is 0 Å². The van der Waals surface area contributed by atoms with Crippen LogP contribution in [0.3, 0.4) is 0 Å². The smallest absolute Gasteiger partial charge is 0.292 e. The van der Waals surface area contributed by atoms with Crippen LogP contribution in [-0.4, -0.2) is 10.8 Å². The highest BCUT2D eigenvalue weighted by atomic mass is 16.6. The minimum Gasteiger partial charge on any atom is -0.321 e. The van der Waals surface area contributed by atoms with Gasteiger partial charge in [0.1, 0.15) is 5.69 Å². The van der Waals surface area contributed by atoms with Gasteiger partial charge >= 0.3 is 0 Å². The van der Waals surface area contributed by atoms with Crippen molar-refractivity contribution < 1.29 is 9.72 Å². The quantitative estimate of drug-likeness (QED) is 0.631. The first-order chi connectivity index (χ1) is 7.41. The Morgan fingerprint density at radius 1 is 1.44 bits per heavy atom. The molecule has 1 rings (SSSR count). The molecule has 0 radical (unpaired) electrons. The molecule has 0 heterocycles. The predicted molar refractivity (Wildman–Crippen MR) is 61.5 cm³/mol. The molecule has 16 heavy (non-hydrogen) atoms. The van der Waals surface area contributed by atoms with Crippen LogP contribution in [0.15, 0.2) is 18.2 Å². The van der Waals surface area contributed by atoms with E-state index in [0.29, 0.717) is 0 Å². The zero-order valence-corrected chi connectivity index (χ0v) is 9.48. The van der Waals surface area contributed by atoms with E-state index in [4.69, 9.17) is 0 Å². The van der Waals surface area contributed by atoms with Gasteiger partial charge in [-0.25, -0.2) is 0 Å². The third-order valence-electron chi connectivity index (χ3n) is 2.19. The molecule has 86 valence electrons. The summed E-state index contributed by atoms with van der Waals surface area (Å²) in [7, 11) is 0. The number of hydrogen-bond donors (Lipinski definition) is 1. The van der Waals surface area contributed by atoms with Gasteiger partial charge in [-0.3, -0.25) is 14.9 Å². The van der Waals surface area contributed by atoms with Crippen molar-refractivity contribution in [3.63, 3.8) is 0 Å². The van der Waals surface area contributed by atoms with Crippen molar-refractivity contribution in [2.45, 2.75) is 26.7 Å². The maximum absolute atomic E-state index is 10.9. The van der Waals surface area contributed by atoms with Crippen molar-refractivity contribution in [2.75, 3.05) is 5.32 Å². The van der Waals surface area contributed by atoms with Gasteiger partial charge in [-0.1, -0.05) is 19.9 Å². The molecule has 5 nitrogen and oxygen atoms in total. The maximum atomic E-state index is 10.9. The van der Waals surface area contributed by atoms with Crippen LogP contribution in [0.4, 0.5) is 11.4 Å². The van der Waals surface area contributed by atoms with Gasteiger partial charge in [0.05, 0.1) is 4.92 Å². The van der Waals surface area contributed by atoms with E-state index in [1.165, 1.54) is 13.0 Å². The summed E-state index contributed by atoms with van der Waals surface area (Å²) in [4.78, 5) is 21.2. The molecule has 0 aromatic heterocycles. The predicted octanol–water partition coefficient (Wildman–Crippen LogP) is 2.68. The number of hydrogen-bond acceptors (Lipinski definition) is 3. The third-order valence-corrected chi connectivity index (χ3v) is 2.19. The van der Waals surface area contributed by atoms with Crippen LogP contribution in [0.2, 0.25) is 0 Å². The molecule has 0 saturated carbocycles. The SMILES string of the molecule is CC(=O)Nc1cc(C(C)C)ccc1[N+](=O)[O-]. The Kier molecular flexibility index (Phi) is 3.60. The van der Waals surface area contributed by atoms with E-state index in [1.54, 1.807) is 12.1 Å². The minimum absolute atomic E-state index is 0.0837. The number of carbonyl (C=O) groups is 1. The molecule has 0 atom stereocenters. The van der Waals surface area contributed by atoms with Crippen molar-refractivity contribution in [3.05, 3.63) is 33.9 Å². The van der Waals surface area contributed by atoms with Crippen LogP contribution < -0.4 is 5.32 Å². The van der Waals surface area contributed by atoms with E-state index in [9.17, 15) is 14.9 Å². The van der Waals surface area contributed by atoms with Gasteiger partial charge in [0, 0.05) is 13.0 Å². The highest BCUT2D eigenvalue weighted by Gasteiger charge is 2.15. The number of anilines is 1. The monoisotopic (exact) mass is 222 g/mol. The van der Waals surface area contributed by atoms with Gasteiger partial charge in [-0.05, 0) is 17.5 Å². The van der Waals surface area contributed by atoms with E-state index < -0.39 is 4.92 Å². The molecule has 0 aliphatic rings. The number of amides is 1. The van der Waals surface area contributed by atoms with Crippen LogP contribution in [0.5, 0.6) is 0 Å². The third kappa shape index (κ3) is 2.79. The second-order valence-electron chi connectivity index (χ2n) is 3.87. The molecule has 0 bridgehead atoms. The molecular weight excluding hydrogens is 208 g/mol. The summed E-state index contributed by atoms with van der Waals surface area (Å²) in [5.41, 5.74) is 1.12. The highest BCUT2D eigenvalue weighted by Crippen LogP contribution is 2.28. The number of nitro benzene ring substituents is 1. The van der Waals surface area contributed by atoms with E-state index in [0.717, 1.165) is 5.56 Å². The van der Waals surface area contributed by atoms with Crippen LogP contribution in [-0.2, 0) is 4.79 Å². The standard InChI is InChI=1S/C11H14N2O3/c1-7(2)9-4-5-11(13(15)16)10(6-9)12-8(3)14/h4-7H,1-3H3,(H,12,14). The molecule has 0 aliphatic heterocycles. The van der Waals surface area contributed by atoms with Crippen molar-refractivity contribution in [2.24, 2.45) is 0 Å². The topological polar surface area (TPSA) is 72.2 Å². The van der Waals surface area contributed by atoms with Gasteiger partial charge in [0.2, 0.25) is 5.91 Å². The van der Waals surface area contributed by atoms with E-state index in [-0.39, 0.29) is 23.2 Å². The number of nitro groups is 1. The first kappa shape index (κ1) is 12.2. The summed E-state index contributed by atoms with van der Waals surface area (Å²) in [6, 6.07) is 4.76. The lowest BCUT2D eigenvalue weighted by Gasteiger charge is -2.09. The van der Waals surface area contributed by atoms with E-state index in [1.807, 2.05) is 13.8 Å². The first-order valence-electron chi connectivity index (χ1n) is 4.97. The second kappa shape index (κ2) is 4.74. The zero-order valence-electron chi connectivity index (χ0n) is 9.48. The molecule has 0 spiro atoms. The fraction of sp³-hybridized carbons (Fsp3) is 0.364. The Balaban J connectivity index is 3.20. The highest BCUT2D eigenvalue weighted by molar-refractivity contribution is 5.91. The summed E-state index contributed by atoms with van der Waals surface area (Å²) < 4.78 is 0.